The zero-order valence-electron chi connectivity index (χ0n) is 11.3. The van der Waals surface area contributed by atoms with Crippen LogP contribution < -0.4 is 4.90 Å². The molecule has 0 spiro atoms. The Morgan fingerprint density at radius 2 is 2.11 bits per heavy atom. The van der Waals surface area contributed by atoms with Crippen LogP contribution in [0, 0.1) is 12.3 Å². The lowest BCUT2D eigenvalue weighted by Gasteiger charge is -2.22. The number of aromatic nitrogens is 1. The molecule has 0 fully saturated rings. The van der Waals surface area contributed by atoms with Crippen molar-refractivity contribution in [2.24, 2.45) is 0 Å². The summed E-state index contributed by atoms with van der Waals surface area (Å²) in [7, 11) is 0. The lowest BCUT2D eigenvalue weighted by atomic mass is 10.1. The molecule has 1 rings (SSSR count). The second-order valence-electron chi connectivity index (χ2n) is 4.36. The molecule has 0 saturated carbocycles. The van der Waals surface area contributed by atoms with Gasteiger partial charge in [-0.2, -0.15) is 0 Å². The molecule has 0 radical (unpaired) electrons. The van der Waals surface area contributed by atoms with E-state index >= 15 is 0 Å². The summed E-state index contributed by atoms with van der Waals surface area (Å²) in [6.07, 6.45) is 8.39. The summed E-state index contributed by atoms with van der Waals surface area (Å²) < 4.78 is 0. The van der Waals surface area contributed by atoms with Crippen molar-refractivity contribution in [1.82, 2.24) is 4.98 Å². The van der Waals surface area contributed by atoms with E-state index in [0.29, 0.717) is 6.54 Å². The third-order valence-corrected chi connectivity index (χ3v) is 2.71. The van der Waals surface area contributed by atoms with Crippen LogP contribution in [0.25, 0.3) is 0 Å². The van der Waals surface area contributed by atoms with E-state index in [1.165, 1.54) is 0 Å². The number of pyridine rings is 1. The van der Waals surface area contributed by atoms with E-state index in [0.717, 1.165) is 42.9 Å². The van der Waals surface area contributed by atoms with Crippen molar-refractivity contribution in [2.45, 2.75) is 39.7 Å². The number of rotatable bonds is 7. The molecule has 1 N–H and O–H groups in total. The van der Waals surface area contributed by atoms with Gasteiger partial charge in [-0.25, -0.2) is 4.98 Å². The van der Waals surface area contributed by atoms with Gasteiger partial charge in [0.25, 0.3) is 0 Å². The Balaban J connectivity index is 3.03. The third-order valence-electron chi connectivity index (χ3n) is 2.71. The molecule has 0 atom stereocenters. The van der Waals surface area contributed by atoms with Crippen LogP contribution in [-0.4, -0.2) is 23.2 Å². The number of aryl methyl sites for hydroxylation is 1. The summed E-state index contributed by atoms with van der Waals surface area (Å²) in [6, 6.07) is 3.89. The standard InChI is InChI=1S/C15H22N2O/c1-4-7-14-10-13(12-18)11-15(16-14)17(8-5-2)9-6-3/h2,10-11,18H,4,6-9,12H2,1,3H3. The first-order valence-corrected chi connectivity index (χ1v) is 6.54. The van der Waals surface area contributed by atoms with Crippen molar-refractivity contribution in [3.63, 3.8) is 0 Å². The Kier molecular flexibility index (Phi) is 6.24. The summed E-state index contributed by atoms with van der Waals surface area (Å²) in [5, 5.41) is 9.31. The fourth-order valence-corrected chi connectivity index (χ4v) is 1.93. The molecule has 0 amide bonds. The summed E-state index contributed by atoms with van der Waals surface area (Å²) in [5.74, 6) is 3.54. The fourth-order valence-electron chi connectivity index (χ4n) is 1.93. The molecular formula is C15H22N2O. The number of aliphatic hydroxyl groups is 1. The molecule has 1 heterocycles. The fraction of sp³-hybridized carbons (Fsp3) is 0.533. The lowest BCUT2D eigenvalue weighted by Crippen LogP contribution is -2.25. The Bertz CT molecular complexity index is 409. The molecule has 0 bridgehead atoms. The van der Waals surface area contributed by atoms with Crippen LogP contribution >= 0.6 is 0 Å². The SMILES string of the molecule is C#CCN(CCC)c1cc(CO)cc(CCC)n1. The van der Waals surface area contributed by atoms with Gasteiger partial charge in [0.1, 0.15) is 5.82 Å². The molecule has 3 heteroatoms. The zero-order chi connectivity index (χ0) is 13.4. The highest BCUT2D eigenvalue weighted by atomic mass is 16.3. The van der Waals surface area contributed by atoms with Crippen molar-refractivity contribution in [3.8, 4) is 12.3 Å². The minimum atomic E-state index is 0.0439. The van der Waals surface area contributed by atoms with Gasteiger partial charge < -0.3 is 10.0 Å². The van der Waals surface area contributed by atoms with Gasteiger partial charge in [-0.1, -0.05) is 26.2 Å². The maximum absolute atomic E-state index is 9.31. The minimum Gasteiger partial charge on any atom is -0.392 e. The predicted octanol–water partition coefficient (Wildman–Crippen LogP) is 2.38. The predicted molar refractivity (Wildman–Crippen MR) is 75.5 cm³/mol. The van der Waals surface area contributed by atoms with Crippen LogP contribution in [0.15, 0.2) is 12.1 Å². The number of terminal acetylenes is 1. The molecule has 0 aliphatic carbocycles. The zero-order valence-corrected chi connectivity index (χ0v) is 11.3. The van der Waals surface area contributed by atoms with Gasteiger partial charge >= 0.3 is 0 Å². The minimum absolute atomic E-state index is 0.0439. The Labute approximate surface area is 110 Å². The summed E-state index contributed by atoms with van der Waals surface area (Å²) >= 11 is 0. The summed E-state index contributed by atoms with van der Waals surface area (Å²) in [4.78, 5) is 6.71. The molecule has 0 aliphatic rings. The van der Waals surface area contributed by atoms with Crippen molar-refractivity contribution < 1.29 is 5.11 Å². The van der Waals surface area contributed by atoms with Crippen LogP contribution in [0.2, 0.25) is 0 Å². The Hall–Kier alpha value is -1.53. The normalized spacial score (nSPS) is 10.1. The molecule has 0 saturated heterocycles. The topological polar surface area (TPSA) is 36.4 Å². The van der Waals surface area contributed by atoms with Crippen LogP contribution in [0.4, 0.5) is 5.82 Å². The van der Waals surface area contributed by atoms with Crippen LogP contribution in [0.1, 0.15) is 37.9 Å². The number of hydrogen-bond donors (Lipinski definition) is 1. The van der Waals surface area contributed by atoms with E-state index in [1.807, 2.05) is 12.1 Å². The van der Waals surface area contributed by atoms with Crippen LogP contribution in [0.3, 0.4) is 0 Å². The van der Waals surface area contributed by atoms with Gasteiger partial charge in [-0.05, 0) is 30.5 Å². The van der Waals surface area contributed by atoms with Gasteiger partial charge in [-0.3, -0.25) is 0 Å². The first-order valence-electron chi connectivity index (χ1n) is 6.54. The second-order valence-corrected chi connectivity index (χ2v) is 4.36. The Morgan fingerprint density at radius 1 is 1.33 bits per heavy atom. The monoisotopic (exact) mass is 246 g/mol. The molecule has 3 nitrogen and oxygen atoms in total. The molecule has 0 aliphatic heterocycles. The van der Waals surface area contributed by atoms with Gasteiger partial charge in [0.15, 0.2) is 0 Å². The molecular weight excluding hydrogens is 224 g/mol. The van der Waals surface area contributed by atoms with Crippen molar-refractivity contribution >= 4 is 5.82 Å². The Morgan fingerprint density at radius 3 is 2.67 bits per heavy atom. The summed E-state index contributed by atoms with van der Waals surface area (Å²) in [6.45, 7) is 5.73. The van der Waals surface area contributed by atoms with Crippen molar-refractivity contribution in [1.29, 1.82) is 0 Å². The van der Waals surface area contributed by atoms with Gasteiger partial charge in [-0.15, -0.1) is 6.42 Å². The van der Waals surface area contributed by atoms with E-state index in [4.69, 9.17) is 6.42 Å². The number of anilines is 1. The highest BCUT2D eigenvalue weighted by molar-refractivity contribution is 5.44. The lowest BCUT2D eigenvalue weighted by molar-refractivity contribution is 0.281. The third kappa shape index (κ3) is 4.05. The smallest absolute Gasteiger partial charge is 0.129 e. The average molecular weight is 246 g/mol. The van der Waals surface area contributed by atoms with Crippen LogP contribution in [0.5, 0.6) is 0 Å². The first kappa shape index (κ1) is 14.5. The van der Waals surface area contributed by atoms with E-state index in [1.54, 1.807) is 0 Å². The highest BCUT2D eigenvalue weighted by Gasteiger charge is 2.08. The van der Waals surface area contributed by atoms with Gasteiger partial charge in [0, 0.05) is 12.2 Å². The van der Waals surface area contributed by atoms with E-state index in [9.17, 15) is 5.11 Å². The van der Waals surface area contributed by atoms with E-state index < -0.39 is 0 Å². The molecule has 98 valence electrons. The second kappa shape index (κ2) is 7.73. The van der Waals surface area contributed by atoms with Crippen LogP contribution in [-0.2, 0) is 13.0 Å². The highest BCUT2D eigenvalue weighted by Crippen LogP contribution is 2.16. The molecule has 1 aromatic rings. The van der Waals surface area contributed by atoms with Crippen molar-refractivity contribution in [3.05, 3.63) is 23.4 Å². The largest absolute Gasteiger partial charge is 0.392 e. The molecule has 18 heavy (non-hydrogen) atoms. The maximum Gasteiger partial charge on any atom is 0.129 e. The van der Waals surface area contributed by atoms with E-state index in [-0.39, 0.29) is 6.61 Å². The van der Waals surface area contributed by atoms with Gasteiger partial charge in [0.05, 0.1) is 13.2 Å². The quantitative estimate of drug-likeness (QED) is 0.750. The molecule has 0 aromatic carbocycles. The first-order chi connectivity index (χ1) is 8.74. The average Bonchev–Trinajstić information content (AvgIpc) is 2.38. The number of nitrogens with zero attached hydrogens (tertiary/aromatic N) is 2. The number of aliphatic hydroxyl groups excluding tert-OH is 1. The van der Waals surface area contributed by atoms with Crippen molar-refractivity contribution in [2.75, 3.05) is 18.0 Å². The maximum atomic E-state index is 9.31. The van der Waals surface area contributed by atoms with E-state index in [2.05, 4.69) is 29.7 Å². The molecule has 1 aromatic heterocycles. The summed E-state index contributed by atoms with van der Waals surface area (Å²) in [5.41, 5.74) is 1.93. The number of hydrogen-bond acceptors (Lipinski definition) is 3. The van der Waals surface area contributed by atoms with Gasteiger partial charge in [0.2, 0.25) is 0 Å². The molecule has 0 unspecified atom stereocenters.